The van der Waals surface area contributed by atoms with E-state index in [1.807, 2.05) is 13.0 Å². The molecule has 0 aromatic carbocycles. The molecule has 0 saturated carbocycles. The van der Waals surface area contributed by atoms with Gasteiger partial charge in [0.05, 0.1) is 19.1 Å². The molecule has 0 aliphatic rings. The van der Waals surface area contributed by atoms with E-state index in [2.05, 4.69) is 0 Å². The number of nitrogens with zero attached hydrogens (tertiary/aromatic N) is 2. The van der Waals surface area contributed by atoms with Crippen LogP contribution in [0, 0.1) is 11.3 Å². The first kappa shape index (κ1) is 14.2. The van der Waals surface area contributed by atoms with E-state index in [0.29, 0.717) is 0 Å². The average molecular weight is 228 g/mol. The zero-order valence-corrected chi connectivity index (χ0v) is 9.31. The third-order valence-electron chi connectivity index (χ3n) is 1.80. The topological polar surface area (TPSA) is 90.6 Å². The van der Waals surface area contributed by atoms with Crippen LogP contribution in [-0.2, 0) is 9.53 Å². The van der Waals surface area contributed by atoms with Crippen molar-refractivity contribution >= 4 is 12.1 Å². The number of carboxylic acids is 1. The molecule has 6 nitrogen and oxygen atoms in total. The zero-order valence-electron chi connectivity index (χ0n) is 9.31. The Balaban J connectivity index is 4.10. The van der Waals surface area contributed by atoms with Gasteiger partial charge in [0.2, 0.25) is 0 Å². The zero-order chi connectivity index (χ0) is 12.4. The lowest BCUT2D eigenvalue weighted by atomic mass is 10.4. The number of carboxylic acid groups (broad SMARTS) is 1. The number of aliphatic carboxylic acids is 1. The summed E-state index contributed by atoms with van der Waals surface area (Å²) in [5.41, 5.74) is 0. The lowest BCUT2D eigenvalue weighted by Gasteiger charge is -2.18. The van der Waals surface area contributed by atoms with Crippen molar-refractivity contribution in [2.45, 2.75) is 26.2 Å². The van der Waals surface area contributed by atoms with Gasteiger partial charge in [-0.05, 0) is 6.42 Å². The predicted octanol–water partition coefficient (Wildman–Crippen LogP) is 1.22. The molecule has 90 valence electrons. The van der Waals surface area contributed by atoms with Crippen molar-refractivity contribution in [3.63, 3.8) is 0 Å². The van der Waals surface area contributed by atoms with Gasteiger partial charge in [-0.15, -0.1) is 0 Å². The number of unbranched alkanes of at least 4 members (excludes halogenated alkanes) is 1. The standard InChI is InChI=1S/C10H16N2O4/c1-2-3-7-16-10(15)12(6-4-5-11)8-9(13)14/h2-4,6-8H2,1H3,(H,13,14). The molecule has 16 heavy (non-hydrogen) atoms. The molecule has 1 amide bonds. The van der Waals surface area contributed by atoms with Crippen molar-refractivity contribution in [1.82, 2.24) is 4.90 Å². The molecule has 6 heteroatoms. The molecule has 0 aromatic rings. The number of carbonyl (C=O) groups excluding carboxylic acids is 1. The summed E-state index contributed by atoms with van der Waals surface area (Å²) in [5.74, 6) is -1.12. The Kier molecular flexibility index (Phi) is 7.59. The van der Waals surface area contributed by atoms with Gasteiger partial charge in [0.15, 0.2) is 0 Å². The average Bonchev–Trinajstić information content (AvgIpc) is 2.23. The van der Waals surface area contributed by atoms with Gasteiger partial charge in [-0.3, -0.25) is 9.69 Å². The molecule has 0 heterocycles. The monoisotopic (exact) mass is 228 g/mol. The highest BCUT2D eigenvalue weighted by atomic mass is 16.6. The summed E-state index contributed by atoms with van der Waals surface area (Å²) in [7, 11) is 0. The normalized spacial score (nSPS) is 9.25. The van der Waals surface area contributed by atoms with E-state index in [4.69, 9.17) is 15.1 Å². The number of carbonyl (C=O) groups is 2. The van der Waals surface area contributed by atoms with Gasteiger partial charge in [-0.25, -0.2) is 4.79 Å². The van der Waals surface area contributed by atoms with Gasteiger partial charge < -0.3 is 9.84 Å². The maximum atomic E-state index is 11.4. The van der Waals surface area contributed by atoms with Crippen LogP contribution in [0.3, 0.4) is 0 Å². The molecule has 0 saturated heterocycles. The van der Waals surface area contributed by atoms with E-state index >= 15 is 0 Å². The first-order valence-electron chi connectivity index (χ1n) is 5.12. The molecular weight excluding hydrogens is 212 g/mol. The van der Waals surface area contributed by atoms with E-state index in [1.54, 1.807) is 0 Å². The molecule has 0 radical (unpaired) electrons. The van der Waals surface area contributed by atoms with E-state index in [-0.39, 0.29) is 19.6 Å². The Morgan fingerprint density at radius 3 is 2.69 bits per heavy atom. The Morgan fingerprint density at radius 2 is 2.19 bits per heavy atom. The minimum Gasteiger partial charge on any atom is -0.480 e. The van der Waals surface area contributed by atoms with Gasteiger partial charge in [0, 0.05) is 6.54 Å². The van der Waals surface area contributed by atoms with Crippen LogP contribution >= 0.6 is 0 Å². The lowest BCUT2D eigenvalue weighted by molar-refractivity contribution is -0.138. The summed E-state index contributed by atoms with van der Waals surface area (Å²) in [6, 6.07) is 1.85. The summed E-state index contributed by atoms with van der Waals surface area (Å²) in [4.78, 5) is 22.9. The van der Waals surface area contributed by atoms with Crippen molar-refractivity contribution in [2.75, 3.05) is 19.7 Å². The van der Waals surface area contributed by atoms with Crippen molar-refractivity contribution in [3.8, 4) is 6.07 Å². The first-order chi connectivity index (χ1) is 7.61. The minimum atomic E-state index is -1.12. The lowest BCUT2D eigenvalue weighted by Crippen LogP contribution is -2.36. The summed E-state index contributed by atoms with van der Waals surface area (Å²) in [6.07, 6.45) is 1.05. The molecule has 0 aliphatic heterocycles. The van der Waals surface area contributed by atoms with Crippen LogP contribution in [0.4, 0.5) is 4.79 Å². The second-order valence-electron chi connectivity index (χ2n) is 3.19. The summed E-state index contributed by atoms with van der Waals surface area (Å²) < 4.78 is 4.86. The molecule has 0 rings (SSSR count). The van der Waals surface area contributed by atoms with Crippen LogP contribution in [0.15, 0.2) is 0 Å². The molecule has 0 bridgehead atoms. The van der Waals surface area contributed by atoms with E-state index in [0.717, 1.165) is 17.7 Å². The van der Waals surface area contributed by atoms with E-state index < -0.39 is 18.6 Å². The Morgan fingerprint density at radius 1 is 1.50 bits per heavy atom. The highest BCUT2D eigenvalue weighted by Gasteiger charge is 2.17. The van der Waals surface area contributed by atoms with Crippen LogP contribution in [-0.4, -0.2) is 41.8 Å². The second kappa shape index (κ2) is 8.53. The summed E-state index contributed by atoms with van der Waals surface area (Å²) in [5, 5.41) is 16.9. The number of rotatable bonds is 7. The largest absolute Gasteiger partial charge is 0.480 e. The second-order valence-corrected chi connectivity index (χ2v) is 3.19. The van der Waals surface area contributed by atoms with Crippen molar-refractivity contribution < 1.29 is 19.4 Å². The third-order valence-corrected chi connectivity index (χ3v) is 1.80. The SMILES string of the molecule is CCCCOC(=O)N(CCC#N)CC(=O)O. The molecule has 0 aliphatic carbocycles. The van der Waals surface area contributed by atoms with Crippen LogP contribution in [0.25, 0.3) is 0 Å². The molecule has 0 spiro atoms. The maximum Gasteiger partial charge on any atom is 0.410 e. The van der Waals surface area contributed by atoms with Crippen LogP contribution in [0.2, 0.25) is 0 Å². The number of ether oxygens (including phenoxy) is 1. The smallest absolute Gasteiger partial charge is 0.410 e. The van der Waals surface area contributed by atoms with Crippen molar-refractivity contribution in [3.05, 3.63) is 0 Å². The number of hydrogen-bond donors (Lipinski definition) is 1. The quantitative estimate of drug-likeness (QED) is 0.661. The van der Waals surface area contributed by atoms with Crippen molar-refractivity contribution in [2.24, 2.45) is 0 Å². The van der Waals surface area contributed by atoms with Crippen molar-refractivity contribution in [1.29, 1.82) is 5.26 Å². The van der Waals surface area contributed by atoms with Gasteiger partial charge in [-0.2, -0.15) is 5.26 Å². The van der Waals surface area contributed by atoms with Gasteiger partial charge >= 0.3 is 12.1 Å². The van der Waals surface area contributed by atoms with Crippen LogP contribution in [0.5, 0.6) is 0 Å². The first-order valence-corrected chi connectivity index (χ1v) is 5.12. The molecule has 0 unspecified atom stereocenters. The summed E-state index contributed by atoms with van der Waals surface area (Å²) >= 11 is 0. The Bertz CT molecular complexity index is 272. The fourth-order valence-electron chi connectivity index (χ4n) is 0.978. The minimum absolute atomic E-state index is 0.0771. The van der Waals surface area contributed by atoms with Gasteiger partial charge in [-0.1, -0.05) is 13.3 Å². The highest BCUT2D eigenvalue weighted by Crippen LogP contribution is 1.98. The number of amides is 1. The van der Waals surface area contributed by atoms with Gasteiger partial charge in [0.1, 0.15) is 6.54 Å². The highest BCUT2D eigenvalue weighted by molar-refractivity contribution is 5.76. The summed E-state index contributed by atoms with van der Waals surface area (Å²) in [6.45, 7) is 1.87. The fourth-order valence-corrected chi connectivity index (χ4v) is 0.978. The van der Waals surface area contributed by atoms with Gasteiger partial charge in [0.25, 0.3) is 0 Å². The van der Waals surface area contributed by atoms with E-state index in [1.165, 1.54) is 0 Å². The third kappa shape index (κ3) is 6.65. The van der Waals surface area contributed by atoms with E-state index in [9.17, 15) is 9.59 Å². The molecular formula is C10H16N2O4. The Labute approximate surface area is 94.4 Å². The molecule has 0 aromatic heterocycles. The number of nitriles is 1. The fraction of sp³-hybridized carbons (Fsp3) is 0.700. The van der Waals surface area contributed by atoms with Crippen LogP contribution < -0.4 is 0 Å². The number of hydrogen-bond acceptors (Lipinski definition) is 4. The molecule has 1 N–H and O–H groups in total. The van der Waals surface area contributed by atoms with Crippen LogP contribution in [0.1, 0.15) is 26.2 Å². The predicted molar refractivity (Wildman–Crippen MR) is 55.7 cm³/mol. The molecule has 0 fully saturated rings. The Hall–Kier alpha value is -1.77. The maximum absolute atomic E-state index is 11.4. The molecule has 0 atom stereocenters.